The second kappa shape index (κ2) is 9.97. The monoisotopic (exact) mass is 214 g/mol. The topological polar surface area (TPSA) is 32.3 Å². The molecule has 15 heavy (non-hydrogen) atoms. The van der Waals surface area contributed by atoms with Gasteiger partial charge in [0.1, 0.15) is 0 Å². The van der Waals surface area contributed by atoms with E-state index >= 15 is 0 Å². The Labute approximate surface area is 94.2 Å². The van der Waals surface area contributed by atoms with Crippen molar-refractivity contribution in [3.63, 3.8) is 0 Å². The van der Waals surface area contributed by atoms with Gasteiger partial charge in [0.2, 0.25) is 5.91 Å². The zero-order valence-electron chi connectivity index (χ0n) is 10.5. The van der Waals surface area contributed by atoms with Crippen molar-refractivity contribution in [1.82, 2.24) is 10.4 Å². The number of carbonyl (C=O) groups is 1. The van der Waals surface area contributed by atoms with Crippen LogP contribution in [-0.4, -0.2) is 24.0 Å². The molecule has 0 saturated carbocycles. The molecule has 0 aromatic heterocycles. The lowest BCUT2D eigenvalue weighted by Gasteiger charge is -2.22. The van der Waals surface area contributed by atoms with Gasteiger partial charge in [0.05, 0.1) is 0 Å². The molecule has 0 aliphatic carbocycles. The minimum Gasteiger partial charge on any atom is -0.289 e. The normalized spacial score (nSPS) is 10.7. The van der Waals surface area contributed by atoms with Crippen molar-refractivity contribution in [1.29, 1.82) is 0 Å². The summed E-state index contributed by atoms with van der Waals surface area (Å²) in [6, 6.07) is 0. The summed E-state index contributed by atoms with van der Waals surface area (Å²) >= 11 is 0. The standard InChI is InChI=1S/C12H26N2O/c1-4-7-10-14(11-8-5-2)13-12(15)9-6-3/h4-11H2,1-3H3,(H,13,15). The first kappa shape index (κ1) is 14.4. The van der Waals surface area contributed by atoms with Crippen molar-refractivity contribution in [2.75, 3.05) is 13.1 Å². The molecule has 0 bridgehead atoms. The molecular weight excluding hydrogens is 188 g/mol. The molecule has 0 aromatic rings. The van der Waals surface area contributed by atoms with E-state index in [0.29, 0.717) is 6.42 Å². The molecule has 90 valence electrons. The molecule has 0 saturated heterocycles. The summed E-state index contributed by atoms with van der Waals surface area (Å²) in [7, 11) is 0. The van der Waals surface area contributed by atoms with Crippen LogP contribution in [0.4, 0.5) is 0 Å². The molecule has 1 N–H and O–H groups in total. The Balaban J connectivity index is 3.82. The Morgan fingerprint density at radius 3 is 1.93 bits per heavy atom. The molecule has 0 spiro atoms. The first-order valence-electron chi connectivity index (χ1n) is 6.29. The highest BCUT2D eigenvalue weighted by Crippen LogP contribution is 1.97. The van der Waals surface area contributed by atoms with Crippen LogP contribution in [0.1, 0.15) is 59.3 Å². The molecule has 3 nitrogen and oxygen atoms in total. The largest absolute Gasteiger partial charge is 0.289 e. The Bertz CT molecular complexity index is 152. The van der Waals surface area contributed by atoms with Crippen molar-refractivity contribution in [3.8, 4) is 0 Å². The molecule has 0 atom stereocenters. The number of unbranched alkanes of at least 4 members (excludes halogenated alkanes) is 2. The van der Waals surface area contributed by atoms with Gasteiger partial charge in [-0.2, -0.15) is 0 Å². The van der Waals surface area contributed by atoms with Gasteiger partial charge in [-0.25, -0.2) is 5.01 Å². The molecule has 3 heteroatoms. The van der Waals surface area contributed by atoms with Gasteiger partial charge in [-0.15, -0.1) is 0 Å². The van der Waals surface area contributed by atoms with Crippen LogP contribution < -0.4 is 5.43 Å². The second-order valence-electron chi connectivity index (χ2n) is 3.98. The zero-order chi connectivity index (χ0) is 11.5. The smallest absolute Gasteiger partial charge is 0.234 e. The van der Waals surface area contributed by atoms with Crippen molar-refractivity contribution >= 4 is 5.91 Å². The van der Waals surface area contributed by atoms with Gasteiger partial charge >= 0.3 is 0 Å². The molecule has 0 aliphatic rings. The van der Waals surface area contributed by atoms with Gasteiger partial charge in [-0.1, -0.05) is 33.6 Å². The highest BCUT2D eigenvalue weighted by molar-refractivity contribution is 5.75. The second-order valence-corrected chi connectivity index (χ2v) is 3.98. The van der Waals surface area contributed by atoms with Crippen molar-refractivity contribution in [2.24, 2.45) is 0 Å². The fourth-order valence-corrected chi connectivity index (χ4v) is 1.38. The maximum Gasteiger partial charge on any atom is 0.234 e. The first-order chi connectivity index (χ1) is 7.24. The number of rotatable bonds is 9. The van der Waals surface area contributed by atoms with Crippen molar-refractivity contribution in [2.45, 2.75) is 59.3 Å². The highest BCUT2D eigenvalue weighted by Gasteiger charge is 2.06. The Morgan fingerprint density at radius 2 is 1.53 bits per heavy atom. The average molecular weight is 214 g/mol. The number of hydrazine groups is 1. The Kier molecular flexibility index (Phi) is 9.59. The van der Waals surface area contributed by atoms with Crippen LogP contribution >= 0.6 is 0 Å². The van der Waals surface area contributed by atoms with E-state index in [0.717, 1.165) is 32.4 Å². The maximum atomic E-state index is 11.4. The van der Waals surface area contributed by atoms with Crippen LogP contribution in [0, 0.1) is 0 Å². The molecule has 0 heterocycles. The first-order valence-corrected chi connectivity index (χ1v) is 6.29. The predicted molar refractivity (Wildman–Crippen MR) is 64.4 cm³/mol. The van der Waals surface area contributed by atoms with Gasteiger partial charge in [-0.05, 0) is 19.3 Å². The van der Waals surface area contributed by atoms with Crippen LogP contribution in [0.3, 0.4) is 0 Å². The van der Waals surface area contributed by atoms with Crippen molar-refractivity contribution in [3.05, 3.63) is 0 Å². The predicted octanol–water partition coefficient (Wildman–Crippen LogP) is 2.72. The summed E-state index contributed by atoms with van der Waals surface area (Å²) in [5.41, 5.74) is 2.98. The summed E-state index contributed by atoms with van der Waals surface area (Å²) in [4.78, 5) is 11.4. The van der Waals surface area contributed by atoms with Crippen LogP contribution in [-0.2, 0) is 4.79 Å². The molecule has 0 rings (SSSR count). The summed E-state index contributed by atoms with van der Waals surface area (Å²) in [6.07, 6.45) is 6.20. The SMILES string of the molecule is CCCCN(CCCC)NC(=O)CCC. The minimum atomic E-state index is 0.157. The highest BCUT2D eigenvalue weighted by atomic mass is 16.2. The molecule has 0 radical (unpaired) electrons. The van der Waals surface area contributed by atoms with E-state index in [1.54, 1.807) is 0 Å². The molecule has 0 aliphatic heterocycles. The van der Waals surface area contributed by atoms with Crippen LogP contribution in [0.5, 0.6) is 0 Å². The lowest BCUT2D eigenvalue weighted by molar-refractivity contribution is -0.126. The number of amides is 1. The number of nitrogens with zero attached hydrogens (tertiary/aromatic N) is 1. The quantitative estimate of drug-likeness (QED) is 0.599. The summed E-state index contributed by atoms with van der Waals surface area (Å²) < 4.78 is 0. The maximum absolute atomic E-state index is 11.4. The molecule has 0 fully saturated rings. The third-order valence-electron chi connectivity index (χ3n) is 2.32. The third-order valence-corrected chi connectivity index (χ3v) is 2.32. The van der Waals surface area contributed by atoms with Gasteiger partial charge in [0.25, 0.3) is 0 Å². The molecule has 0 unspecified atom stereocenters. The van der Waals surface area contributed by atoms with E-state index in [4.69, 9.17) is 0 Å². The molecule has 1 amide bonds. The van der Waals surface area contributed by atoms with Crippen LogP contribution in [0.15, 0.2) is 0 Å². The van der Waals surface area contributed by atoms with E-state index in [9.17, 15) is 4.79 Å². The van der Waals surface area contributed by atoms with Gasteiger partial charge in [0, 0.05) is 19.5 Å². The number of nitrogens with one attached hydrogen (secondary N) is 1. The third kappa shape index (κ3) is 8.43. The van der Waals surface area contributed by atoms with Crippen LogP contribution in [0.25, 0.3) is 0 Å². The van der Waals surface area contributed by atoms with E-state index in [-0.39, 0.29) is 5.91 Å². The fourth-order valence-electron chi connectivity index (χ4n) is 1.38. The number of carbonyl (C=O) groups excluding carboxylic acids is 1. The lowest BCUT2D eigenvalue weighted by Crippen LogP contribution is -2.43. The summed E-state index contributed by atoms with van der Waals surface area (Å²) in [6.45, 7) is 8.33. The fraction of sp³-hybridized carbons (Fsp3) is 0.917. The van der Waals surface area contributed by atoms with E-state index in [2.05, 4.69) is 24.3 Å². The van der Waals surface area contributed by atoms with Gasteiger partial charge in [0.15, 0.2) is 0 Å². The summed E-state index contributed by atoms with van der Waals surface area (Å²) in [5, 5.41) is 2.07. The average Bonchev–Trinajstić information content (AvgIpc) is 2.22. The lowest BCUT2D eigenvalue weighted by atomic mass is 10.3. The number of hydrogen-bond donors (Lipinski definition) is 1. The molecular formula is C12H26N2O. The van der Waals surface area contributed by atoms with Crippen molar-refractivity contribution < 1.29 is 4.79 Å². The minimum absolute atomic E-state index is 0.157. The zero-order valence-corrected chi connectivity index (χ0v) is 10.5. The Morgan fingerprint density at radius 1 is 1.00 bits per heavy atom. The number of hydrogen-bond acceptors (Lipinski definition) is 2. The van der Waals surface area contributed by atoms with E-state index in [1.807, 2.05) is 6.92 Å². The Hall–Kier alpha value is -0.570. The van der Waals surface area contributed by atoms with Gasteiger partial charge < -0.3 is 0 Å². The van der Waals surface area contributed by atoms with Gasteiger partial charge in [-0.3, -0.25) is 10.2 Å². The molecule has 0 aromatic carbocycles. The van der Waals surface area contributed by atoms with Crippen LogP contribution in [0.2, 0.25) is 0 Å². The van der Waals surface area contributed by atoms with E-state index in [1.165, 1.54) is 12.8 Å². The summed E-state index contributed by atoms with van der Waals surface area (Å²) in [5.74, 6) is 0.157. The van der Waals surface area contributed by atoms with E-state index < -0.39 is 0 Å².